The number of benzene rings is 1. The minimum absolute atomic E-state index is 0.172. The zero-order valence-corrected chi connectivity index (χ0v) is 15.2. The fourth-order valence-corrected chi connectivity index (χ4v) is 4.60. The molecule has 2 fully saturated rings. The lowest BCUT2D eigenvalue weighted by Gasteiger charge is -2.43. The van der Waals surface area contributed by atoms with Crippen LogP contribution in [-0.2, 0) is 20.8 Å². The van der Waals surface area contributed by atoms with E-state index < -0.39 is 10.1 Å². The Balaban J connectivity index is 1.54. The molecule has 0 amide bonds. The summed E-state index contributed by atoms with van der Waals surface area (Å²) < 4.78 is 28.5. The van der Waals surface area contributed by atoms with Crippen molar-refractivity contribution in [1.29, 1.82) is 0 Å². The molecule has 6 heteroatoms. The molecule has 0 spiro atoms. The molecule has 134 valence electrons. The molecule has 1 heterocycles. The number of hydrogen-bond acceptors (Lipinski definition) is 5. The van der Waals surface area contributed by atoms with Gasteiger partial charge in [-0.2, -0.15) is 8.42 Å². The molecule has 0 radical (unpaired) electrons. The third kappa shape index (κ3) is 5.02. The van der Waals surface area contributed by atoms with E-state index in [4.69, 9.17) is 4.18 Å². The average Bonchev–Trinajstić information content (AvgIpc) is 2.56. The van der Waals surface area contributed by atoms with Crippen molar-refractivity contribution in [2.75, 3.05) is 32.4 Å². The van der Waals surface area contributed by atoms with Gasteiger partial charge in [0.25, 0.3) is 10.1 Å². The summed E-state index contributed by atoms with van der Waals surface area (Å²) in [5.41, 5.74) is 1.35. The van der Waals surface area contributed by atoms with Gasteiger partial charge in [-0.05, 0) is 18.4 Å². The molecule has 0 unspecified atom stereocenters. The quantitative estimate of drug-likeness (QED) is 0.760. The highest BCUT2D eigenvalue weighted by Crippen LogP contribution is 2.27. The van der Waals surface area contributed by atoms with E-state index in [-0.39, 0.29) is 12.1 Å². The molecule has 1 aromatic rings. The summed E-state index contributed by atoms with van der Waals surface area (Å²) >= 11 is 0. The molecular weight excluding hydrogens is 324 g/mol. The van der Waals surface area contributed by atoms with Gasteiger partial charge in [-0.25, -0.2) is 0 Å². The van der Waals surface area contributed by atoms with Gasteiger partial charge in [0.2, 0.25) is 0 Å². The summed E-state index contributed by atoms with van der Waals surface area (Å²) in [6, 6.07) is 10.8. The fourth-order valence-electron chi connectivity index (χ4n) is 3.93. The van der Waals surface area contributed by atoms with E-state index in [0.717, 1.165) is 58.2 Å². The number of hydrogen-bond donors (Lipinski definition) is 0. The van der Waals surface area contributed by atoms with Crippen molar-refractivity contribution in [3.8, 4) is 0 Å². The molecule has 2 atom stereocenters. The Kier molecular flexibility index (Phi) is 5.92. The fraction of sp³-hybridized carbons (Fsp3) is 0.667. The normalized spacial score (nSPS) is 27.2. The van der Waals surface area contributed by atoms with Crippen molar-refractivity contribution in [3.05, 3.63) is 35.9 Å². The maximum absolute atomic E-state index is 11.5. The third-order valence-corrected chi connectivity index (χ3v) is 5.69. The van der Waals surface area contributed by atoms with Crippen LogP contribution in [0.2, 0.25) is 0 Å². The van der Waals surface area contributed by atoms with Gasteiger partial charge >= 0.3 is 0 Å². The third-order valence-electron chi connectivity index (χ3n) is 5.09. The second kappa shape index (κ2) is 7.95. The zero-order chi connectivity index (χ0) is 17.0. The average molecular weight is 353 g/mol. The predicted octanol–water partition coefficient (Wildman–Crippen LogP) is 2.09. The minimum Gasteiger partial charge on any atom is -0.297 e. The van der Waals surface area contributed by atoms with E-state index in [1.807, 2.05) is 6.07 Å². The first kappa shape index (κ1) is 17.9. The Morgan fingerprint density at radius 3 is 2.38 bits per heavy atom. The van der Waals surface area contributed by atoms with Gasteiger partial charge in [0, 0.05) is 38.8 Å². The van der Waals surface area contributed by atoms with Gasteiger partial charge in [0.15, 0.2) is 0 Å². The van der Waals surface area contributed by atoms with E-state index in [9.17, 15) is 8.42 Å². The van der Waals surface area contributed by atoms with Crippen LogP contribution >= 0.6 is 0 Å². The van der Waals surface area contributed by atoms with Crippen LogP contribution < -0.4 is 0 Å². The molecule has 1 aliphatic heterocycles. The number of piperazine rings is 1. The lowest BCUT2D eigenvalue weighted by molar-refractivity contribution is 0.0103. The molecule has 0 aromatic heterocycles. The molecule has 1 saturated carbocycles. The monoisotopic (exact) mass is 352 g/mol. The molecule has 1 aromatic carbocycles. The Hall–Kier alpha value is -0.950. The molecule has 5 nitrogen and oxygen atoms in total. The Morgan fingerprint density at radius 2 is 1.71 bits per heavy atom. The van der Waals surface area contributed by atoms with Gasteiger partial charge < -0.3 is 0 Å². The van der Waals surface area contributed by atoms with Crippen LogP contribution in [0, 0.1) is 0 Å². The van der Waals surface area contributed by atoms with Crippen LogP contribution in [-0.4, -0.2) is 62.8 Å². The standard InChI is InChI=1S/C18H28N2O3S/c1-24(21,22)23-18-10-6-5-9-17(18)20-13-11-19(12-14-20)15-16-7-3-2-4-8-16/h2-4,7-8,17-18H,5-6,9-15H2,1H3/t17-,18-/m1/s1. The molecule has 1 aliphatic carbocycles. The Morgan fingerprint density at radius 1 is 1.04 bits per heavy atom. The van der Waals surface area contributed by atoms with Gasteiger partial charge in [0.1, 0.15) is 0 Å². The predicted molar refractivity (Wildman–Crippen MR) is 95.3 cm³/mol. The summed E-state index contributed by atoms with van der Waals surface area (Å²) in [5.74, 6) is 0. The maximum atomic E-state index is 11.5. The SMILES string of the molecule is CS(=O)(=O)O[C@@H]1CCCC[C@H]1N1CCN(Cc2ccccc2)CC1. The first-order chi connectivity index (χ1) is 11.5. The molecular formula is C18H28N2O3S. The van der Waals surface area contributed by atoms with Crippen LogP contribution in [0.4, 0.5) is 0 Å². The van der Waals surface area contributed by atoms with E-state index >= 15 is 0 Å². The smallest absolute Gasteiger partial charge is 0.264 e. The van der Waals surface area contributed by atoms with Crippen LogP contribution in [0.15, 0.2) is 30.3 Å². The number of rotatable bonds is 5. The van der Waals surface area contributed by atoms with Crippen molar-refractivity contribution in [2.45, 2.75) is 44.4 Å². The molecule has 1 saturated heterocycles. The maximum Gasteiger partial charge on any atom is 0.264 e. The molecule has 3 rings (SSSR count). The van der Waals surface area contributed by atoms with Crippen LogP contribution in [0.3, 0.4) is 0 Å². The zero-order valence-electron chi connectivity index (χ0n) is 14.4. The highest BCUT2D eigenvalue weighted by Gasteiger charge is 2.34. The summed E-state index contributed by atoms with van der Waals surface area (Å²) in [6.45, 7) is 5.01. The molecule has 0 bridgehead atoms. The molecule has 24 heavy (non-hydrogen) atoms. The van der Waals surface area contributed by atoms with Gasteiger partial charge in [0.05, 0.1) is 12.4 Å². The summed E-state index contributed by atoms with van der Waals surface area (Å²) in [7, 11) is -3.38. The van der Waals surface area contributed by atoms with E-state index in [1.54, 1.807) is 0 Å². The van der Waals surface area contributed by atoms with Crippen molar-refractivity contribution >= 4 is 10.1 Å². The van der Waals surface area contributed by atoms with Crippen molar-refractivity contribution in [2.24, 2.45) is 0 Å². The first-order valence-corrected chi connectivity index (χ1v) is 10.7. The van der Waals surface area contributed by atoms with Crippen LogP contribution in [0.25, 0.3) is 0 Å². The Labute approximate surface area is 145 Å². The van der Waals surface area contributed by atoms with Crippen LogP contribution in [0.1, 0.15) is 31.2 Å². The topological polar surface area (TPSA) is 49.9 Å². The molecule has 2 aliphatic rings. The summed E-state index contributed by atoms with van der Waals surface area (Å²) in [4.78, 5) is 4.91. The van der Waals surface area contributed by atoms with Gasteiger partial charge in [-0.1, -0.05) is 43.2 Å². The second-order valence-corrected chi connectivity index (χ2v) is 8.59. The van der Waals surface area contributed by atoms with Crippen molar-refractivity contribution in [1.82, 2.24) is 9.80 Å². The minimum atomic E-state index is -3.38. The van der Waals surface area contributed by atoms with E-state index in [0.29, 0.717) is 0 Å². The van der Waals surface area contributed by atoms with Gasteiger partial charge in [-0.15, -0.1) is 0 Å². The lowest BCUT2D eigenvalue weighted by Crippen LogP contribution is -2.54. The highest BCUT2D eigenvalue weighted by atomic mass is 32.2. The summed E-state index contributed by atoms with van der Waals surface area (Å²) in [5, 5.41) is 0. The van der Waals surface area contributed by atoms with Crippen molar-refractivity contribution < 1.29 is 12.6 Å². The Bertz CT molecular complexity index is 612. The number of nitrogens with zero attached hydrogens (tertiary/aromatic N) is 2. The molecule has 0 N–H and O–H groups in total. The lowest BCUT2D eigenvalue weighted by atomic mass is 9.91. The largest absolute Gasteiger partial charge is 0.297 e. The highest BCUT2D eigenvalue weighted by molar-refractivity contribution is 7.86. The van der Waals surface area contributed by atoms with E-state index in [2.05, 4.69) is 34.1 Å². The van der Waals surface area contributed by atoms with Crippen LogP contribution in [0.5, 0.6) is 0 Å². The van der Waals surface area contributed by atoms with Crippen molar-refractivity contribution in [3.63, 3.8) is 0 Å². The second-order valence-electron chi connectivity index (χ2n) is 6.99. The van der Waals surface area contributed by atoms with E-state index in [1.165, 1.54) is 12.0 Å². The summed E-state index contributed by atoms with van der Waals surface area (Å²) in [6.07, 6.45) is 5.11. The first-order valence-electron chi connectivity index (χ1n) is 8.90. The van der Waals surface area contributed by atoms with Gasteiger partial charge in [-0.3, -0.25) is 14.0 Å².